The first-order chi connectivity index (χ1) is 9.56. The molecule has 5 heteroatoms. The summed E-state index contributed by atoms with van der Waals surface area (Å²) in [5.41, 5.74) is 2.47. The average molecular weight is 272 g/mol. The lowest BCUT2D eigenvalue weighted by atomic mass is 10.2. The Bertz CT molecular complexity index is 589. The van der Waals surface area contributed by atoms with E-state index in [4.69, 9.17) is 0 Å². The number of carbonyl (C=O) groups is 1. The van der Waals surface area contributed by atoms with E-state index in [-0.39, 0.29) is 5.91 Å². The Balaban J connectivity index is 2.04. The normalized spacial score (nSPS) is 10.8. The third-order valence-corrected chi connectivity index (χ3v) is 2.95. The SMILES string of the molecule is CC(C)NCc1cccc(NC(=O)c2cncn2C)c1. The van der Waals surface area contributed by atoms with Crippen LogP contribution in [0.3, 0.4) is 0 Å². The Morgan fingerprint density at radius 3 is 2.85 bits per heavy atom. The van der Waals surface area contributed by atoms with Crippen LogP contribution in [0.1, 0.15) is 29.9 Å². The van der Waals surface area contributed by atoms with E-state index in [1.165, 1.54) is 0 Å². The molecule has 0 fully saturated rings. The second-order valence-electron chi connectivity index (χ2n) is 5.08. The molecule has 1 aromatic carbocycles. The van der Waals surface area contributed by atoms with Gasteiger partial charge in [0.1, 0.15) is 5.69 Å². The number of anilines is 1. The van der Waals surface area contributed by atoms with Crippen molar-refractivity contribution in [3.05, 3.63) is 48.0 Å². The van der Waals surface area contributed by atoms with Crippen LogP contribution in [0, 0.1) is 0 Å². The van der Waals surface area contributed by atoms with Gasteiger partial charge in [0.25, 0.3) is 5.91 Å². The molecule has 2 N–H and O–H groups in total. The van der Waals surface area contributed by atoms with E-state index in [9.17, 15) is 4.79 Å². The predicted octanol–water partition coefficient (Wildman–Crippen LogP) is 2.17. The lowest BCUT2D eigenvalue weighted by molar-refractivity contribution is 0.101. The van der Waals surface area contributed by atoms with Crippen molar-refractivity contribution in [2.75, 3.05) is 5.32 Å². The van der Waals surface area contributed by atoms with Gasteiger partial charge in [0, 0.05) is 25.3 Å². The van der Waals surface area contributed by atoms with Crippen LogP contribution in [0.4, 0.5) is 5.69 Å². The number of amides is 1. The fourth-order valence-electron chi connectivity index (χ4n) is 1.85. The fourth-order valence-corrected chi connectivity index (χ4v) is 1.85. The number of hydrogen-bond acceptors (Lipinski definition) is 3. The molecule has 2 aromatic rings. The van der Waals surface area contributed by atoms with Crippen LogP contribution in [0.5, 0.6) is 0 Å². The molecule has 0 saturated carbocycles. The Kier molecular flexibility index (Phi) is 4.53. The molecule has 106 valence electrons. The summed E-state index contributed by atoms with van der Waals surface area (Å²) in [6.07, 6.45) is 3.16. The van der Waals surface area contributed by atoms with Crippen LogP contribution in [0.15, 0.2) is 36.8 Å². The standard InChI is InChI=1S/C15H20N4O/c1-11(2)17-8-12-5-4-6-13(7-12)18-15(20)14-9-16-10-19(14)3/h4-7,9-11,17H,8H2,1-3H3,(H,18,20). The molecule has 0 atom stereocenters. The minimum atomic E-state index is -0.154. The second kappa shape index (κ2) is 6.34. The van der Waals surface area contributed by atoms with Gasteiger partial charge in [0.15, 0.2) is 0 Å². The molecule has 1 aromatic heterocycles. The molecule has 0 aliphatic heterocycles. The van der Waals surface area contributed by atoms with Crippen LogP contribution in [0.2, 0.25) is 0 Å². The quantitative estimate of drug-likeness (QED) is 0.877. The summed E-state index contributed by atoms with van der Waals surface area (Å²) >= 11 is 0. The van der Waals surface area contributed by atoms with Crippen molar-refractivity contribution in [3.8, 4) is 0 Å². The van der Waals surface area contributed by atoms with Crippen molar-refractivity contribution in [3.63, 3.8) is 0 Å². The molecular weight excluding hydrogens is 252 g/mol. The number of hydrogen-bond donors (Lipinski definition) is 2. The molecule has 1 amide bonds. The molecule has 0 bridgehead atoms. The van der Waals surface area contributed by atoms with Crippen molar-refractivity contribution >= 4 is 11.6 Å². The first-order valence-corrected chi connectivity index (χ1v) is 6.66. The zero-order valence-corrected chi connectivity index (χ0v) is 12.1. The van der Waals surface area contributed by atoms with Crippen LogP contribution >= 0.6 is 0 Å². The molecule has 0 unspecified atom stereocenters. The largest absolute Gasteiger partial charge is 0.330 e. The summed E-state index contributed by atoms with van der Waals surface area (Å²) in [5, 5.41) is 6.24. The number of aryl methyl sites for hydroxylation is 1. The van der Waals surface area contributed by atoms with Crippen molar-refractivity contribution < 1.29 is 4.79 Å². The summed E-state index contributed by atoms with van der Waals surface area (Å²) in [5.74, 6) is -0.154. The highest BCUT2D eigenvalue weighted by Gasteiger charge is 2.10. The maximum absolute atomic E-state index is 12.1. The van der Waals surface area contributed by atoms with Gasteiger partial charge in [-0.25, -0.2) is 4.98 Å². The van der Waals surface area contributed by atoms with Gasteiger partial charge in [-0.05, 0) is 17.7 Å². The first kappa shape index (κ1) is 14.3. The number of carbonyl (C=O) groups excluding carboxylic acids is 1. The Hall–Kier alpha value is -2.14. The summed E-state index contributed by atoms with van der Waals surface area (Å²) in [6, 6.07) is 8.27. The van der Waals surface area contributed by atoms with Crippen LogP contribution in [0.25, 0.3) is 0 Å². The monoisotopic (exact) mass is 272 g/mol. The van der Waals surface area contributed by atoms with Gasteiger partial charge in [0.2, 0.25) is 0 Å². The highest BCUT2D eigenvalue weighted by Crippen LogP contribution is 2.12. The molecule has 1 heterocycles. The molecular formula is C15H20N4O. The van der Waals surface area contributed by atoms with Gasteiger partial charge >= 0.3 is 0 Å². The molecule has 0 aliphatic rings. The van der Waals surface area contributed by atoms with Crippen molar-refractivity contribution in [1.29, 1.82) is 0 Å². The zero-order valence-electron chi connectivity index (χ0n) is 12.1. The Labute approximate surface area is 119 Å². The highest BCUT2D eigenvalue weighted by molar-refractivity contribution is 6.02. The van der Waals surface area contributed by atoms with Crippen molar-refractivity contribution in [2.45, 2.75) is 26.4 Å². The van der Waals surface area contributed by atoms with E-state index in [0.29, 0.717) is 11.7 Å². The molecule has 0 radical (unpaired) electrons. The molecule has 5 nitrogen and oxygen atoms in total. The maximum atomic E-state index is 12.1. The number of imidazole rings is 1. The summed E-state index contributed by atoms with van der Waals surface area (Å²) in [6.45, 7) is 5.00. The summed E-state index contributed by atoms with van der Waals surface area (Å²) < 4.78 is 1.69. The number of rotatable bonds is 5. The molecule has 2 rings (SSSR count). The van der Waals surface area contributed by atoms with Gasteiger partial charge in [-0.1, -0.05) is 26.0 Å². The smallest absolute Gasteiger partial charge is 0.273 e. The van der Waals surface area contributed by atoms with Gasteiger partial charge in [0.05, 0.1) is 12.5 Å². The van der Waals surface area contributed by atoms with Gasteiger partial charge in [-0.15, -0.1) is 0 Å². The fraction of sp³-hybridized carbons (Fsp3) is 0.333. The zero-order chi connectivity index (χ0) is 14.5. The summed E-state index contributed by atoms with van der Waals surface area (Å²) in [7, 11) is 1.80. The van der Waals surface area contributed by atoms with Crippen molar-refractivity contribution in [1.82, 2.24) is 14.9 Å². The van der Waals surface area contributed by atoms with E-state index in [0.717, 1.165) is 17.8 Å². The van der Waals surface area contributed by atoms with Crippen LogP contribution in [-0.2, 0) is 13.6 Å². The predicted molar refractivity (Wildman–Crippen MR) is 79.6 cm³/mol. The number of aromatic nitrogens is 2. The average Bonchev–Trinajstić information content (AvgIpc) is 2.83. The lowest BCUT2D eigenvalue weighted by Gasteiger charge is -2.10. The third-order valence-electron chi connectivity index (χ3n) is 2.95. The molecule has 0 aliphatic carbocycles. The maximum Gasteiger partial charge on any atom is 0.273 e. The van der Waals surface area contributed by atoms with Gasteiger partial charge in [-0.3, -0.25) is 4.79 Å². The summed E-state index contributed by atoms with van der Waals surface area (Å²) in [4.78, 5) is 16.0. The molecule has 0 saturated heterocycles. The van der Waals surface area contributed by atoms with E-state index < -0.39 is 0 Å². The molecule has 20 heavy (non-hydrogen) atoms. The number of benzene rings is 1. The van der Waals surface area contributed by atoms with Crippen LogP contribution < -0.4 is 10.6 Å². The number of nitrogens with one attached hydrogen (secondary N) is 2. The Morgan fingerprint density at radius 2 is 2.20 bits per heavy atom. The minimum absolute atomic E-state index is 0.154. The van der Waals surface area contributed by atoms with Gasteiger partial charge < -0.3 is 15.2 Å². The first-order valence-electron chi connectivity index (χ1n) is 6.66. The van der Waals surface area contributed by atoms with Crippen molar-refractivity contribution in [2.24, 2.45) is 7.05 Å². The topological polar surface area (TPSA) is 58.9 Å². The van der Waals surface area contributed by atoms with E-state index in [1.807, 2.05) is 24.3 Å². The number of nitrogens with zero attached hydrogens (tertiary/aromatic N) is 2. The Morgan fingerprint density at radius 1 is 1.40 bits per heavy atom. The van der Waals surface area contributed by atoms with Crippen LogP contribution in [-0.4, -0.2) is 21.5 Å². The molecule has 0 spiro atoms. The van der Waals surface area contributed by atoms with Gasteiger partial charge in [-0.2, -0.15) is 0 Å². The van der Waals surface area contributed by atoms with E-state index in [1.54, 1.807) is 24.1 Å². The minimum Gasteiger partial charge on any atom is -0.330 e. The third kappa shape index (κ3) is 3.68. The van der Waals surface area contributed by atoms with E-state index in [2.05, 4.69) is 29.5 Å². The second-order valence-corrected chi connectivity index (χ2v) is 5.08. The lowest BCUT2D eigenvalue weighted by Crippen LogP contribution is -2.22. The van der Waals surface area contributed by atoms with E-state index >= 15 is 0 Å². The highest BCUT2D eigenvalue weighted by atomic mass is 16.1.